The van der Waals surface area contributed by atoms with Gasteiger partial charge in [-0.3, -0.25) is 14.5 Å². The normalized spacial score (nSPS) is 15.8. The van der Waals surface area contributed by atoms with E-state index in [1.54, 1.807) is 38.5 Å². The van der Waals surface area contributed by atoms with Crippen LogP contribution in [0, 0.1) is 0 Å². The zero-order valence-corrected chi connectivity index (χ0v) is 19.4. The molecule has 32 heavy (non-hydrogen) atoms. The maximum atomic E-state index is 12.8. The highest BCUT2D eigenvalue weighted by Gasteiger charge is 2.34. The lowest BCUT2D eigenvalue weighted by Crippen LogP contribution is -2.32. The smallest absolute Gasteiger partial charge is 0.293 e. The molecule has 3 rings (SSSR count). The molecule has 0 aromatic heterocycles. The molecule has 2 amide bonds. The highest BCUT2D eigenvalue weighted by Crippen LogP contribution is 2.35. The number of hydrogen-bond donors (Lipinski definition) is 0. The van der Waals surface area contributed by atoms with E-state index in [0.717, 1.165) is 23.7 Å². The number of benzene rings is 2. The topological polar surface area (TPSA) is 74.3 Å². The van der Waals surface area contributed by atoms with Gasteiger partial charge in [-0.2, -0.15) is 0 Å². The van der Waals surface area contributed by atoms with Crippen molar-refractivity contribution in [3.63, 3.8) is 0 Å². The van der Waals surface area contributed by atoms with E-state index in [1.165, 1.54) is 4.90 Å². The van der Waals surface area contributed by atoms with Crippen molar-refractivity contribution in [1.29, 1.82) is 0 Å². The Hall–Kier alpha value is -3.13. The van der Waals surface area contributed by atoms with E-state index in [2.05, 4.69) is 0 Å². The third-order valence-electron chi connectivity index (χ3n) is 4.90. The Bertz CT molecular complexity index is 1010. The average molecular weight is 458 g/mol. The van der Waals surface area contributed by atoms with Crippen LogP contribution in [0.3, 0.4) is 0 Å². The molecule has 1 fully saturated rings. The highest BCUT2D eigenvalue weighted by atomic mass is 32.2. The van der Waals surface area contributed by atoms with Crippen LogP contribution < -0.4 is 18.9 Å². The maximum Gasteiger partial charge on any atom is 0.293 e. The molecule has 1 atom stereocenters. The zero-order valence-electron chi connectivity index (χ0n) is 18.6. The molecule has 0 bridgehead atoms. The molecular formula is C24H27NO6S. The Balaban J connectivity index is 1.67. The number of methoxy groups -OCH3 is 2. The molecule has 0 N–H and O–H groups in total. The molecule has 1 heterocycles. The highest BCUT2D eigenvalue weighted by molar-refractivity contribution is 8.18. The number of imide groups is 1. The number of amides is 2. The predicted octanol–water partition coefficient (Wildman–Crippen LogP) is 5.00. The van der Waals surface area contributed by atoms with E-state index in [4.69, 9.17) is 18.9 Å². The first-order valence-corrected chi connectivity index (χ1v) is 11.1. The van der Waals surface area contributed by atoms with Gasteiger partial charge in [0.1, 0.15) is 6.61 Å². The van der Waals surface area contributed by atoms with E-state index < -0.39 is 0 Å². The van der Waals surface area contributed by atoms with Gasteiger partial charge in [-0.05, 0) is 61.0 Å². The van der Waals surface area contributed by atoms with Gasteiger partial charge in [0.05, 0.1) is 31.8 Å². The van der Waals surface area contributed by atoms with Crippen molar-refractivity contribution in [2.45, 2.75) is 26.4 Å². The molecule has 0 saturated carbocycles. The van der Waals surface area contributed by atoms with E-state index in [1.807, 2.05) is 38.1 Å². The van der Waals surface area contributed by atoms with Crippen molar-refractivity contribution in [2.75, 3.05) is 27.4 Å². The Morgan fingerprint density at radius 3 is 2.41 bits per heavy atom. The summed E-state index contributed by atoms with van der Waals surface area (Å²) in [6, 6.07) is 12.6. The van der Waals surface area contributed by atoms with E-state index in [0.29, 0.717) is 27.9 Å². The zero-order chi connectivity index (χ0) is 23.1. The van der Waals surface area contributed by atoms with Crippen LogP contribution in [0.5, 0.6) is 23.0 Å². The molecule has 8 heteroatoms. The first-order valence-electron chi connectivity index (χ1n) is 10.3. The van der Waals surface area contributed by atoms with Crippen LogP contribution in [-0.2, 0) is 4.79 Å². The number of ether oxygens (including phenoxy) is 4. The maximum absolute atomic E-state index is 12.8. The minimum Gasteiger partial charge on any atom is -0.493 e. The summed E-state index contributed by atoms with van der Waals surface area (Å²) in [7, 11) is 3.12. The van der Waals surface area contributed by atoms with E-state index in [-0.39, 0.29) is 30.4 Å². The van der Waals surface area contributed by atoms with Crippen molar-refractivity contribution in [1.82, 2.24) is 4.90 Å². The van der Waals surface area contributed by atoms with Crippen LogP contribution in [0.4, 0.5) is 4.79 Å². The molecule has 0 spiro atoms. The summed E-state index contributed by atoms with van der Waals surface area (Å²) in [6.07, 6.45) is 2.62. The summed E-state index contributed by atoms with van der Waals surface area (Å²) in [4.78, 5) is 26.7. The Morgan fingerprint density at radius 2 is 1.72 bits per heavy atom. The molecular weight excluding hydrogens is 430 g/mol. The molecule has 1 unspecified atom stereocenters. The Labute approximate surface area is 192 Å². The van der Waals surface area contributed by atoms with Gasteiger partial charge in [0, 0.05) is 0 Å². The van der Waals surface area contributed by atoms with Gasteiger partial charge in [-0.25, -0.2) is 0 Å². The second-order valence-corrected chi connectivity index (χ2v) is 8.07. The fourth-order valence-corrected chi connectivity index (χ4v) is 3.87. The second-order valence-electron chi connectivity index (χ2n) is 7.08. The predicted molar refractivity (Wildman–Crippen MR) is 125 cm³/mol. The quantitative estimate of drug-likeness (QED) is 0.465. The van der Waals surface area contributed by atoms with Crippen LogP contribution in [0.25, 0.3) is 6.08 Å². The van der Waals surface area contributed by atoms with Crippen molar-refractivity contribution in [2.24, 2.45) is 0 Å². The van der Waals surface area contributed by atoms with Crippen molar-refractivity contribution < 1.29 is 28.5 Å². The van der Waals surface area contributed by atoms with Crippen molar-refractivity contribution in [3.05, 3.63) is 52.9 Å². The lowest BCUT2D eigenvalue weighted by molar-refractivity contribution is -0.123. The van der Waals surface area contributed by atoms with Gasteiger partial charge in [-0.1, -0.05) is 25.1 Å². The SMILES string of the molecule is CCC(C)Oc1ccc(/C=C2\SC(=O)N(CCOc3ccccc3OC)C2=O)cc1OC. The van der Waals surface area contributed by atoms with Crippen LogP contribution in [0.2, 0.25) is 0 Å². The summed E-state index contributed by atoms with van der Waals surface area (Å²) >= 11 is 0.909. The Morgan fingerprint density at radius 1 is 1.00 bits per heavy atom. The summed E-state index contributed by atoms with van der Waals surface area (Å²) in [5.74, 6) is 2.02. The van der Waals surface area contributed by atoms with E-state index in [9.17, 15) is 9.59 Å². The monoisotopic (exact) mass is 457 g/mol. The van der Waals surface area contributed by atoms with Gasteiger partial charge >= 0.3 is 0 Å². The van der Waals surface area contributed by atoms with Gasteiger partial charge in [0.2, 0.25) is 0 Å². The number of para-hydroxylation sites is 2. The Kier molecular flexibility index (Phi) is 8.05. The number of carbonyl (C=O) groups excluding carboxylic acids is 2. The van der Waals surface area contributed by atoms with Gasteiger partial charge in [0.15, 0.2) is 23.0 Å². The van der Waals surface area contributed by atoms with Gasteiger partial charge < -0.3 is 18.9 Å². The minimum atomic E-state index is -0.345. The summed E-state index contributed by atoms with van der Waals surface area (Å²) in [5, 5.41) is -0.325. The number of nitrogens with zero attached hydrogens (tertiary/aromatic N) is 1. The van der Waals surface area contributed by atoms with Crippen molar-refractivity contribution >= 4 is 29.0 Å². The summed E-state index contributed by atoms with van der Waals surface area (Å²) < 4.78 is 22.2. The molecule has 0 radical (unpaired) electrons. The number of thioether (sulfide) groups is 1. The molecule has 1 aliphatic heterocycles. The van der Waals surface area contributed by atoms with Gasteiger partial charge in [-0.15, -0.1) is 0 Å². The third-order valence-corrected chi connectivity index (χ3v) is 5.81. The number of carbonyl (C=O) groups is 2. The number of rotatable bonds is 10. The lowest BCUT2D eigenvalue weighted by Gasteiger charge is -2.16. The fraction of sp³-hybridized carbons (Fsp3) is 0.333. The van der Waals surface area contributed by atoms with Crippen LogP contribution in [0.1, 0.15) is 25.8 Å². The lowest BCUT2D eigenvalue weighted by atomic mass is 10.1. The number of hydrogen-bond acceptors (Lipinski definition) is 7. The second kappa shape index (κ2) is 10.9. The van der Waals surface area contributed by atoms with Crippen LogP contribution in [0.15, 0.2) is 47.4 Å². The van der Waals surface area contributed by atoms with Crippen LogP contribution >= 0.6 is 11.8 Å². The molecule has 0 aliphatic carbocycles. The molecule has 170 valence electrons. The van der Waals surface area contributed by atoms with Crippen LogP contribution in [-0.4, -0.2) is 49.5 Å². The first kappa shape index (κ1) is 23.5. The molecule has 2 aromatic rings. The summed E-state index contributed by atoms with van der Waals surface area (Å²) in [6.45, 7) is 4.34. The molecule has 1 aliphatic rings. The third kappa shape index (κ3) is 5.56. The standard InChI is InChI=1S/C24H27NO6S/c1-5-16(2)31-20-11-10-17(14-21(20)29-4)15-22-23(26)25(24(27)32-22)12-13-30-19-9-7-6-8-18(19)28-3/h6-11,14-16H,5,12-13H2,1-4H3/b22-15-. The minimum absolute atomic E-state index is 0.0596. The largest absolute Gasteiger partial charge is 0.493 e. The molecule has 1 saturated heterocycles. The average Bonchev–Trinajstić information content (AvgIpc) is 3.07. The molecule has 2 aromatic carbocycles. The van der Waals surface area contributed by atoms with Gasteiger partial charge in [0.25, 0.3) is 11.1 Å². The van der Waals surface area contributed by atoms with Crippen molar-refractivity contribution in [3.8, 4) is 23.0 Å². The fourth-order valence-electron chi connectivity index (χ4n) is 3.00. The summed E-state index contributed by atoms with van der Waals surface area (Å²) in [5.41, 5.74) is 0.745. The molecule has 7 nitrogen and oxygen atoms in total. The van der Waals surface area contributed by atoms with E-state index >= 15 is 0 Å². The first-order chi connectivity index (χ1) is 15.5.